The number of halogens is 8. The van der Waals surface area contributed by atoms with Crippen LogP contribution in [0.1, 0.15) is 0 Å². The van der Waals surface area contributed by atoms with Crippen LogP contribution < -0.4 is 0 Å². The molecule has 8 heteroatoms. The minimum absolute atomic E-state index is 1.17. The number of alkyl halides is 6. The van der Waals surface area contributed by atoms with Crippen molar-refractivity contribution in [2.24, 2.45) is 5.92 Å². The minimum Gasteiger partial charge on any atom is -0.174 e. The van der Waals surface area contributed by atoms with E-state index in [0.717, 1.165) is 0 Å². The number of hydrogen-bond acceptors (Lipinski definition) is 0. The summed E-state index contributed by atoms with van der Waals surface area (Å²) < 4.78 is 91.3. The van der Waals surface area contributed by atoms with Crippen LogP contribution in [0.4, 0.5) is 35.1 Å². The highest BCUT2D eigenvalue weighted by atomic mass is 19.4. The molecule has 13 heavy (non-hydrogen) atoms. The monoisotopic (exact) mass is 214 g/mol. The van der Waals surface area contributed by atoms with Crippen molar-refractivity contribution in [1.82, 2.24) is 0 Å². The van der Waals surface area contributed by atoms with E-state index in [-0.39, 0.29) is 0 Å². The zero-order valence-electron chi connectivity index (χ0n) is 5.68. The molecule has 0 nitrogen and oxygen atoms in total. The first-order valence-corrected chi connectivity index (χ1v) is 2.71. The lowest BCUT2D eigenvalue weighted by atomic mass is 10.1. The van der Waals surface area contributed by atoms with Crippen molar-refractivity contribution in [2.45, 2.75) is 12.4 Å². The van der Waals surface area contributed by atoms with Gasteiger partial charge in [-0.05, 0) is 0 Å². The maximum atomic E-state index is 11.5. The van der Waals surface area contributed by atoms with E-state index in [2.05, 4.69) is 0 Å². The van der Waals surface area contributed by atoms with Gasteiger partial charge in [-0.1, -0.05) is 0 Å². The van der Waals surface area contributed by atoms with Crippen LogP contribution in [-0.4, -0.2) is 12.4 Å². The Kier molecular flexibility index (Phi) is 3.28. The molecule has 0 aromatic carbocycles. The van der Waals surface area contributed by atoms with Crippen molar-refractivity contribution >= 4 is 0 Å². The van der Waals surface area contributed by atoms with Gasteiger partial charge in [-0.25, -0.2) is 0 Å². The van der Waals surface area contributed by atoms with Crippen LogP contribution in [0.5, 0.6) is 0 Å². The number of rotatable bonds is 1. The summed E-state index contributed by atoms with van der Waals surface area (Å²) in [4.78, 5) is 0. The van der Waals surface area contributed by atoms with E-state index in [0.29, 0.717) is 0 Å². The van der Waals surface area contributed by atoms with E-state index in [1.807, 2.05) is 0 Å². The molecule has 0 aliphatic carbocycles. The van der Waals surface area contributed by atoms with Gasteiger partial charge in [-0.3, -0.25) is 0 Å². The Morgan fingerprint density at radius 2 is 1.15 bits per heavy atom. The Morgan fingerprint density at radius 1 is 0.846 bits per heavy atom. The van der Waals surface area contributed by atoms with Gasteiger partial charge in [0, 0.05) is 6.08 Å². The molecule has 0 aliphatic rings. The van der Waals surface area contributed by atoms with Gasteiger partial charge in [0.2, 0.25) is 0 Å². The van der Waals surface area contributed by atoms with E-state index in [9.17, 15) is 35.1 Å². The average Bonchev–Trinajstić information content (AvgIpc) is 1.77. The largest absolute Gasteiger partial charge is 0.404 e. The molecular weight excluding hydrogens is 212 g/mol. The Morgan fingerprint density at radius 3 is 1.23 bits per heavy atom. The number of hydrogen-bond donors (Lipinski definition) is 0. The maximum absolute atomic E-state index is 11.5. The molecule has 0 radical (unpaired) electrons. The summed E-state index contributed by atoms with van der Waals surface area (Å²) in [6.45, 7) is 0. The fraction of sp³-hybridized carbons (Fsp3) is 0.600. The molecule has 0 fully saturated rings. The van der Waals surface area contributed by atoms with E-state index >= 15 is 0 Å². The van der Waals surface area contributed by atoms with Crippen molar-refractivity contribution in [3.05, 3.63) is 12.2 Å². The predicted octanol–water partition coefficient (Wildman–Crippen LogP) is 3.51. The molecular formula is C5H2F8. The van der Waals surface area contributed by atoms with Gasteiger partial charge in [0.05, 0.1) is 0 Å². The second kappa shape index (κ2) is 3.51. The Balaban J connectivity index is 4.90. The highest BCUT2D eigenvalue weighted by Crippen LogP contribution is 2.40. The molecule has 0 saturated heterocycles. The van der Waals surface area contributed by atoms with E-state index in [4.69, 9.17) is 0 Å². The highest BCUT2D eigenvalue weighted by molar-refractivity contribution is 4.95. The zero-order chi connectivity index (χ0) is 10.9. The predicted molar refractivity (Wildman–Crippen MR) is 25.9 cm³/mol. The normalized spacial score (nSPS) is 13.3. The summed E-state index contributed by atoms with van der Waals surface area (Å²) >= 11 is 0. The summed E-state index contributed by atoms with van der Waals surface area (Å²) in [5, 5.41) is 0. The van der Waals surface area contributed by atoms with Crippen molar-refractivity contribution in [2.75, 3.05) is 0 Å². The summed E-state index contributed by atoms with van der Waals surface area (Å²) in [5.41, 5.74) is 0. The van der Waals surface area contributed by atoms with Gasteiger partial charge in [0.1, 0.15) is 0 Å². The SMILES string of the molecule is FC(F)=CC(C(F)(F)F)C(F)(F)F. The molecule has 0 spiro atoms. The fourth-order valence-corrected chi connectivity index (χ4v) is 0.501. The molecule has 0 heterocycles. The van der Waals surface area contributed by atoms with Gasteiger partial charge in [-0.15, -0.1) is 0 Å². The van der Waals surface area contributed by atoms with Crippen LogP contribution >= 0.6 is 0 Å². The second-order valence-electron chi connectivity index (χ2n) is 2.02. The zero-order valence-corrected chi connectivity index (χ0v) is 5.68. The van der Waals surface area contributed by atoms with Crippen LogP contribution in [0.15, 0.2) is 12.2 Å². The van der Waals surface area contributed by atoms with E-state index in [1.54, 1.807) is 0 Å². The van der Waals surface area contributed by atoms with Crippen LogP contribution in [0.25, 0.3) is 0 Å². The third-order valence-electron chi connectivity index (χ3n) is 0.998. The van der Waals surface area contributed by atoms with Gasteiger partial charge in [0.25, 0.3) is 6.08 Å². The molecule has 0 saturated carbocycles. The van der Waals surface area contributed by atoms with Crippen molar-refractivity contribution < 1.29 is 35.1 Å². The van der Waals surface area contributed by atoms with Gasteiger partial charge < -0.3 is 0 Å². The van der Waals surface area contributed by atoms with Crippen LogP contribution in [0.3, 0.4) is 0 Å². The molecule has 0 aliphatic heterocycles. The third-order valence-corrected chi connectivity index (χ3v) is 0.998. The summed E-state index contributed by atoms with van der Waals surface area (Å²) in [6, 6.07) is 0. The summed E-state index contributed by atoms with van der Waals surface area (Å²) in [7, 11) is 0. The lowest BCUT2D eigenvalue weighted by Gasteiger charge is -2.18. The molecule has 0 atom stereocenters. The first kappa shape index (κ1) is 12.2. The van der Waals surface area contributed by atoms with E-state index < -0.39 is 30.4 Å². The van der Waals surface area contributed by atoms with Crippen LogP contribution in [0.2, 0.25) is 0 Å². The van der Waals surface area contributed by atoms with Gasteiger partial charge >= 0.3 is 12.4 Å². The average molecular weight is 214 g/mol. The highest BCUT2D eigenvalue weighted by Gasteiger charge is 2.55. The molecule has 0 unspecified atom stereocenters. The van der Waals surface area contributed by atoms with Crippen molar-refractivity contribution in [3.8, 4) is 0 Å². The lowest BCUT2D eigenvalue weighted by Crippen LogP contribution is -2.34. The standard InChI is InChI=1S/C5H2F8/c6-3(7)1-2(4(8,9)10)5(11,12)13/h1-2H. The maximum Gasteiger partial charge on any atom is 0.404 e. The molecule has 0 N–H and O–H groups in total. The van der Waals surface area contributed by atoms with Crippen molar-refractivity contribution in [3.63, 3.8) is 0 Å². The first-order valence-electron chi connectivity index (χ1n) is 2.71. The Hall–Kier alpha value is -0.820. The Labute approximate surface area is 66.8 Å². The van der Waals surface area contributed by atoms with Gasteiger partial charge in [0.15, 0.2) is 5.92 Å². The quantitative estimate of drug-likeness (QED) is 0.586. The van der Waals surface area contributed by atoms with Gasteiger partial charge in [-0.2, -0.15) is 35.1 Å². The minimum atomic E-state index is -5.75. The molecule has 0 amide bonds. The molecule has 0 aromatic heterocycles. The first-order chi connectivity index (χ1) is 5.55. The summed E-state index contributed by atoms with van der Waals surface area (Å²) in [5.74, 6) is -4.11. The van der Waals surface area contributed by atoms with Crippen LogP contribution in [0, 0.1) is 5.92 Å². The molecule has 0 rings (SSSR count). The third kappa shape index (κ3) is 4.09. The smallest absolute Gasteiger partial charge is 0.174 e. The van der Waals surface area contributed by atoms with E-state index in [1.165, 1.54) is 0 Å². The molecule has 78 valence electrons. The topological polar surface area (TPSA) is 0 Å². The lowest BCUT2D eigenvalue weighted by molar-refractivity contribution is -0.268. The molecule has 0 aromatic rings. The number of allylic oxidation sites excluding steroid dienone is 1. The van der Waals surface area contributed by atoms with Crippen molar-refractivity contribution in [1.29, 1.82) is 0 Å². The fourth-order valence-electron chi connectivity index (χ4n) is 0.501. The summed E-state index contributed by atoms with van der Waals surface area (Å²) in [6.07, 6.45) is -15.7. The molecule has 0 bridgehead atoms. The Bertz CT molecular complexity index is 178. The second-order valence-corrected chi connectivity index (χ2v) is 2.02. The van der Waals surface area contributed by atoms with Crippen LogP contribution in [-0.2, 0) is 0 Å².